The molecule has 1 aromatic heterocycles. The Morgan fingerprint density at radius 2 is 2.00 bits per heavy atom. The Kier molecular flexibility index (Phi) is 3.76. The van der Waals surface area contributed by atoms with Crippen LogP contribution in [0.1, 0.15) is 12.8 Å². The van der Waals surface area contributed by atoms with Crippen LogP contribution in [0.15, 0.2) is 29.8 Å². The van der Waals surface area contributed by atoms with E-state index in [1.165, 1.54) is 4.70 Å². The molecular weight excluding hydrogens is 258 g/mol. The monoisotopic (exact) mass is 271 g/mol. The number of aromatic nitrogens is 1. The van der Waals surface area contributed by atoms with Gasteiger partial charge in [0.2, 0.25) is 11.0 Å². The molecule has 0 aliphatic heterocycles. The van der Waals surface area contributed by atoms with Crippen molar-refractivity contribution in [1.29, 1.82) is 0 Å². The molecule has 2 aromatic rings. The normalized spacial score (nSPS) is 12.1. The summed E-state index contributed by atoms with van der Waals surface area (Å²) in [4.78, 5) is 0. The summed E-state index contributed by atoms with van der Waals surface area (Å²) in [6.45, 7) is 0.750. The van der Waals surface area contributed by atoms with Crippen molar-refractivity contribution in [3.8, 4) is 0 Å². The smallest absolute Gasteiger partial charge is 0.225 e. The van der Waals surface area contributed by atoms with E-state index in [4.69, 9.17) is 0 Å². The highest BCUT2D eigenvalue weighted by atomic mass is 32.2. The molecule has 0 bridgehead atoms. The number of nitrogens with zero attached hydrogens (tertiary/aromatic N) is 1. The molecule has 0 amide bonds. The Morgan fingerprint density at radius 3 is 2.76 bits per heavy atom. The van der Waals surface area contributed by atoms with Crippen LogP contribution < -0.4 is 4.57 Å². The van der Waals surface area contributed by atoms with Crippen LogP contribution >= 0.6 is 11.3 Å². The summed E-state index contributed by atoms with van der Waals surface area (Å²) < 4.78 is 34.6. The second kappa shape index (κ2) is 5.12. The zero-order valence-corrected chi connectivity index (χ0v) is 10.8. The van der Waals surface area contributed by atoms with Crippen molar-refractivity contribution in [2.45, 2.75) is 19.4 Å². The number of benzene rings is 1. The van der Waals surface area contributed by atoms with Gasteiger partial charge in [-0.15, -0.1) is 0 Å². The first kappa shape index (κ1) is 12.5. The third-order valence-electron chi connectivity index (χ3n) is 2.52. The summed E-state index contributed by atoms with van der Waals surface area (Å²) in [6, 6.07) is 8.07. The van der Waals surface area contributed by atoms with Gasteiger partial charge in [-0.25, -0.2) is 8.42 Å². The number of aryl methyl sites for hydroxylation is 1. The molecule has 0 atom stereocenters. The van der Waals surface area contributed by atoms with Gasteiger partial charge in [0, 0.05) is 18.2 Å². The summed E-state index contributed by atoms with van der Waals surface area (Å²) >= 11 is 1.66. The fraction of sp³-hybridized carbons (Fsp3) is 0.364. The molecule has 4 nitrogen and oxygen atoms in total. The zero-order valence-electron chi connectivity index (χ0n) is 9.20. The van der Waals surface area contributed by atoms with Crippen molar-refractivity contribution in [1.82, 2.24) is 0 Å². The van der Waals surface area contributed by atoms with E-state index in [9.17, 15) is 13.0 Å². The van der Waals surface area contributed by atoms with Crippen LogP contribution in [0.2, 0.25) is 0 Å². The fourth-order valence-corrected chi connectivity index (χ4v) is 3.19. The van der Waals surface area contributed by atoms with E-state index < -0.39 is 10.1 Å². The molecule has 1 heterocycles. The van der Waals surface area contributed by atoms with Gasteiger partial charge in [0.15, 0.2) is 0 Å². The highest BCUT2D eigenvalue weighted by Gasteiger charge is 2.10. The Balaban J connectivity index is 1.96. The molecule has 0 saturated heterocycles. The molecule has 1 aromatic carbocycles. The van der Waals surface area contributed by atoms with E-state index in [2.05, 4.69) is 10.6 Å². The van der Waals surface area contributed by atoms with Crippen LogP contribution in [0, 0.1) is 0 Å². The zero-order chi connectivity index (χ0) is 12.3. The maximum absolute atomic E-state index is 10.4. The maximum atomic E-state index is 10.4. The molecule has 92 valence electrons. The number of hydrogen-bond donors (Lipinski definition) is 0. The minimum atomic E-state index is -4.06. The Hall–Kier alpha value is -0.980. The van der Waals surface area contributed by atoms with Crippen LogP contribution in [0.25, 0.3) is 10.2 Å². The largest absolute Gasteiger partial charge is 0.748 e. The lowest BCUT2D eigenvalue weighted by Gasteiger charge is -2.04. The third kappa shape index (κ3) is 3.49. The van der Waals surface area contributed by atoms with Crippen molar-refractivity contribution >= 4 is 31.7 Å². The number of hydrogen-bond acceptors (Lipinski definition) is 4. The highest BCUT2D eigenvalue weighted by molar-refractivity contribution is 7.85. The van der Waals surface area contributed by atoms with Gasteiger partial charge < -0.3 is 4.55 Å². The molecule has 6 heteroatoms. The Labute approximate surface area is 104 Å². The van der Waals surface area contributed by atoms with Gasteiger partial charge in [0.05, 0.1) is 10.1 Å². The van der Waals surface area contributed by atoms with E-state index in [1.807, 2.05) is 23.7 Å². The molecule has 0 fully saturated rings. The molecule has 0 radical (unpaired) electrons. The van der Waals surface area contributed by atoms with Gasteiger partial charge >= 0.3 is 0 Å². The first-order chi connectivity index (χ1) is 8.06. The van der Waals surface area contributed by atoms with Gasteiger partial charge in [-0.2, -0.15) is 4.57 Å². The third-order valence-corrected chi connectivity index (χ3v) is 4.27. The number of thiazole rings is 1. The topological polar surface area (TPSA) is 61.1 Å². The number of para-hydroxylation sites is 1. The van der Waals surface area contributed by atoms with Crippen LogP contribution in [-0.2, 0) is 16.7 Å². The summed E-state index contributed by atoms with van der Waals surface area (Å²) in [5.74, 6) is -0.268. The molecule has 17 heavy (non-hydrogen) atoms. The second-order valence-electron chi connectivity index (χ2n) is 3.85. The average molecular weight is 271 g/mol. The minimum Gasteiger partial charge on any atom is -0.748 e. The highest BCUT2D eigenvalue weighted by Crippen LogP contribution is 2.15. The minimum absolute atomic E-state index is 0.268. The van der Waals surface area contributed by atoms with E-state index in [0.29, 0.717) is 12.8 Å². The summed E-state index contributed by atoms with van der Waals surface area (Å²) in [6.07, 6.45) is 1.12. The lowest BCUT2D eigenvalue weighted by Crippen LogP contribution is -2.31. The van der Waals surface area contributed by atoms with E-state index in [-0.39, 0.29) is 5.75 Å². The van der Waals surface area contributed by atoms with Crippen LogP contribution in [-0.4, -0.2) is 18.7 Å². The number of unbranched alkanes of at least 4 members (excludes halogenated alkanes) is 1. The Morgan fingerprint density at radius 1 is 1.24 bits per heavy atom. The molecule has 0 spiro atoms. The van der Waals surface area contributed by atoms with Crippen molar-refractivity contribution in [3.05, 3.63) is 29.8 Å². The SMILES string of the molecule is O=S(=O)([O-])CCCC[n+]1csc2ccccc21. The van der Waals surface area contributed by atoms with E-state index in [1.54, 1.807) is 11.3 Å². The summed E-state index contributed by atoms with van der Waals surface area (Å²) in [5.41, 5.74) is 3.18. The number of rotatable bonds is 5. The summed E-state index contributed by atoms with van der Waals surface area (Å²) in [7, 11) is -4.06. The molecule has 0 aliphatic carbocycles. The lowest BCUT2D eigenvalue weighted by molar-refractivity contribution is -0.667. The molecular formula is C11H13NO3S2. The molecule has 0 aliphatic rings. The van der Waals surface area contributed by atoms with Crippen molar-refractivity contribution in [3.63, 3.8) is 0 Å². The quantitative estimate of drug-likeness (QED) is 0.470. The first-order valence-electron chi connectivity index (χ1n) is 5.35. The van der Waals surface area contributed by atoms with Gasteiger partial charge in [0.25, 0.3) is 0 Å². The van der Waals surface area contributed by atoms with E-state index >= 15 is 0 Å². The predicted octanol–water partition coefficient (Wildman–Crippen LogP) is 1.51. The molecule has 2 rings (SSSR count). The van der Waals surface area contributed by atoms with Crippen molar-refractivity contribution < 1.29 is 17.5 Å². The molecule has 0 saturated carbocycles. The lowest BCUT2D eigenvalue weighted by atomic mass is 10.3. The maximum Gasteiger partial charge on any atom is 0.225 e. The van der Waals surface area contributed by atoms with Crippen LogP contribution in [0.4, 0.5) is 0 Å². The predicted molar refractivity (Wildman–Crippen MR) is 65.8 cm³/mol. The first-order valence-corrected chi connectivity index (χ1v) is 7.81. The van der Waals surface area contributed by atoms with Crippen LogP contribution in [0.3, 0.4) is 0 Å². The fourth-order valence-electron chi connectivity index (χ4n) is 1.71. The molecule has 0 unspecified atom stereocenters. The van der Waals surface area contributed by atoms with Gasteiger partial charge in [-0.1, -0.05) is 23.5 Å². The van der Waals surface area contributed by atoms with E-state index in [0.717, 1.165) is 12.1 Å². The second-order valence-corrected chi connectivity index (χ2v) is 6.26. The average Bonchev–Trinajstić information content (AvgIpc) is 2.67. The van der Waals surface area contributed by atoms with Crippen molar-refractivity contribution in [2.24, 2.45) is 0 Å². The van der Waals surface area contributed by atoms with Crippen LogP contribution in [0.5, 0.6) is 0 Å². The summed E-state index contributed by atoms with van der Waals surface area (Å²) in [5, 5.41) is 0. The van der Waals surface area contributed by atoms with Gasteiger partial charge in [-0.05, 0) is 12.5 Å². The molecule has 0 N–H and O–H groups in total. The Bertz CT molecular complexity index is 604. The number of fused-ring (bicyclic) bond motifs is 1. The van der Waals surface area contributed by atoms with Gasteiger partial charge in [-0.3, -0.25) is 0 Å². The standard InChI is InChI=1S/C11H13NO3S2/c13-17(14,15)8-4-3-7-12-9-16-11-6-2-1-5-10(11)12/h1-2,5-6,9H,3-4,7-8H2. The van der Waals surface area contributed by atoms with Crippen molar-refractivity contribution in [2.75, 3.05) is 5.75 Å². The van der Waals surface area contributed by atoms with Gasteiger partial charge in [0.1, 0.15) is 11.2 Å².